The largest absolute Gasteiger partial charge is 0.484 e. The van der Waals surface area contributed by atoms with E-state index < -0.39 is 0 Å². The summed E-state index contributed by atoms with van der Waals surface area (Å²) >= 11 is 0. The van der Waals surface area contributed by atoms with Crippen LogP contribution >= 0.6 is 0 Å². The van der Waals surface area contributed by atoms with E-state index in [2.05, 4.69) is 10.5 Å². The average molecular weight is 344 g/mol. The maximum atomic E-state index is 11.9. The zero-order valence-corrected chi connectivity index (χ0v) is 14.6. The van der Waals surface area contributed by atoms with Crippen LogP contribution in [0.1, 0.15) is 12.5 Å². The van der Waals surface area contributed by atoms with Gasteiger partial charge in [0.15, 0.2) is 6.61 Å². The second-order valence-electron chi connectivity index (χ2n) is 5.89. The number of carbonyl (C=O) groups is 1. The fourth-order valence-electron chi connectivity index (χ4n) is 2.49. The molecule has 3 aromatic carbocycles. The number of hydrogen-bond acceptors (Lipinski definition) is 3. The summed E-state index contributed by atoms with van der Waals surface area (Å²) in [5.41, 5.74) is 4.49. The van der Waals surface area contributed by atoms with Crippen molar-refractivity contribution in [2.75, 3.05) is 6.61 Å². The molecule has 26 heavy (non-hydrogen) atoms. The predicted octanol–water partition coefficient (Wildman–Crippen LogP) is 4.42. The number of allylic oxidation sites excluding steroid dienone is 1. The first-order valence-corrected chi connectivity index (χ1v) is 8.37. The molecule has 0 spiro atoms. The van der Waals surface area contributed by atoms with E-state index in [-0.39, 0.29) is 12.5 Å². The molecule has 0 heterocycles. The van der Waals surface area contributed by atoms with Crippen LogP contribution in [0.3, 0.4) is 0 Å². The summed E-state index contributed by atoms with van der Waals surface area (Å²) in [7, 11) is 0. The number of hydrazone groups is 1. The van der Waals surface area contributed by atoms with E-state index in [1.807, 2.05) is 85.8 Å². The van der Waals surface area contributed by atoms with Gasteiger partial charge >= 0.3 is 0 Å². The molecule has 0 fully saturated rings. The van der Waals surface area contributed by atoms with Gasteiger partial charge in [0.25, 0.3) is 5.91 Å². The van der Waals surface area contributed by atoms with Crippen LogP contribution in [0.5, 0.6) is 5.75 Å². The second-order valence-corrected chi connectivity index (χ2v) is 5.89. The molecule has 0 saturated heterocycles. The molecule has 3 rings (SSSR count). The third kappa shape index (κ3) is 5.05. The first-order chi connectivity index (χ1) is 12.7. The lowest BCUT2D eigenvalue weighted by Gasteiger charge is -2.06. The molecular weight excluding hydrogens is 324 g/mol. The summed E-state index contributed by atoms with van der Waals surface area (Å²) in [6, 6.07) is 23.7. The maximum absolute atomic E-state index is 11.9. The fourth-order valence-corrected chi connectivity index (χ4v) is 2.49. The summed E-state index contributed by atoms with van der Waals surface area (Å²) in [6.07, 6.45) is 3.60. The van der Waals surface area contributed by atoms with E-state index in [0.717, 1.165) is 21.9 Å². The SMILES string of the molecule is CC(C=NNC(=O)COc1ccc2ccccc2c1)=Cc1ccccc1. The van der Waals surface area contributed by atoms with Crippen molar-refractivity contribution in [2.45, 2.75) is 6.92 Å². The Morgan fingerprint density at radius 2 is 1.73 bits per heavy atom. The molecule has 0 atom stereocenters. The molecule has 0 radical (unpaired) electrons. The van der Waals surface area contributed by atoms with E-state index in [9.17, 15) is 4.79 Å². The van der Waals surface area contributed by atoms with Crippen molar-refractivity contribution in [2.24, 2.45) is 5.10 Å². The number of rotatable bonds is 6. The zero-order chi connectivity index (χ0) is 18.2. The lowest BCUT2D eigenvalue weighted by molar-refractivity contribution is -0.123. The van der Waals surface area contributed by atoms with Crippen LogP contribution in [0.25, 0.3) is 16.8 Å². The van der Waals surface area contributed by atoms with Crippen molar-refractivity contribution in [3.8, 4) is 5.75 Å². The van der Waals surface area contributed by atoms with Gasteiger partial charge in [0.2, 0.25) is 0 Å². The minimum absolute atomic E-state index is 0.0862. The van der Waals surface area contributed by atoms with Gasteiger partial charge in [0.1, 0.15) is 5.75 Å². The molecule has 0 aliphatic carbocycles. The molecule has 0 aromatic heterocycles. The molecule has 3 aromatic rings. The Kier molecular flexibility index (Phi) is 5.78. The Hall–Kier alpha value is -3.40. The van der Waals surface area contributed by atoms with Gasteiger partial charge in [-0.05, 0) is 41.0 Å². The Morgan fingerprint density at radius 1 is 1.00 bits per heavy atom. The highest BCUT2D eigenvalue weighted by Gasteiger charge is 2.02. The Morgan fingerprint density at radius 3 is 2.54 bits per heavy atom. The molecule has 4 heteroatoms. The van der Waals surface area contributed by atoms with Gasteiger partial charge in [-0.25, -0.2) is 5.43 Å². The number of nitrogens with zero attached hydrogens (tertiary/aromatic N) is 1. The molecule has 130 valence electrons. The van der Waals surface area contributed by atoms with Crippen LogP contribution < -0.4 is 10.2 Å². The molecule has 1 amide bonds. The highest BCUT2D eigenvalue weighted by molar-refractivity contribution is 5.86. The van der Waals surface area contributed by atoms with Gasteiger partial charge in [-0.1, -0.05) is 66.7 Å². The Balaban J connectivity index is 1.49. The van der Waals surface area contributed by atoms with E-state index >= 15 is 0 Å². The van der Waals surface area contributed by atoms with Crippen molar-refractivity contribution in [3.63, 3.8) is 0 Å². The summed E-state index contributed by atoms with van der Waals surface area (Å²) in [5, 5.41) is 6.16. The molecule has 4 nitrogen and oxygen atoms in total. The van der Waals surface area contributed by atoms with Gasteiger partial charge in [0, 0.05) is 0 Å². The standard InChI is InChI=1S/C22H20N2O2/c1-17(13-18-7-3-2-4-8-18)15-23-24-22(25)16-26-21-12-11-19-9-5-6-10-20(19)14-21/h2-15H,16H2,1H3,(H,24,25). The zero-order valence-electron chi connectivity index (χ0n) is 14.6. The van der Waals surface area contributed by atoms with Crippen LogP contribution in [-0.4, -0.2) is 18.7 Å². The number of fused-ring (bicyclic) bond motifs is 1. The van der Waals surface area contributed by atoms with Crippen LogP contribution in [0.4, 0.5) is 0 Å². The van der Waals surface area contributed by atoms with Crippen LogP contribution in [0.2, 0.25) is 0 Å². The maximum Gasteiger partial charge on any atom is 0.277 e. The van der Waals surface area contributed by atoms with Gasteiger partial charge in [-0.3, -0.25) is 4.79 Å². The molecule has 0 bridgehead atoms. The third-order valence-electron chi connectivity index (χ3n) is 3.74. The van der Waals surface area contributed by atoms with Gasteiger partial charge in [-0.15, -0.1) is 0 Å². The van der Waals surface area contributed by atoms with Gasteiger partial charge in [-0.2, -0.15) is 5.10 Å². The number of carbonyl (C=O) groups excluding carboxylic acids is 1. The normalized spacial score (nSPS) is 11.7. The smallest absolute Gasteiger partial charge is 0.277 e. The van der Waals surface area contributed by atoms with E-state index in [1.54, 1.807) is 6.21 Å². The third-order valence-corrected chi connectivity index (χ3v) is 3.74. The molecule has 0 unspecified atom stereocenters. The fraction of sp³-hybridized carbons (Fsp3) is 0.0909. The first kappa shape index (κ1) is 17.4. The molecule has 0 aliphatic rings. The Bertz CT molecular complexity index is 947. The van der Waals surface area contributed by atoms with Gasteiger partial charge < -0.3 is 4.74 Å². The summed E-state index contributed by atoms with van der Waals surface area (Å²) in [4.78, 5) is 11.9. The summed E-state index contributed by atoms with van der Waals surface area (Å²) < 4.78 is 5.53. The van der Waals surface area contributed by atoms with E-state index in [0.29, 0.717) is 5.75 Å². The van der Waals surface area contributed by atoms with Crippen LogP contribution in [0.15, 0.2) is 83.5 Å². The minimum Gasteiger partial charge on any atom is -0.484 e. The van der Waals surface area contributed by atoms with Gasteiger partial charge in [0.05, 0.1) is 6.21 Å². The number of hydrogen-bond donors (Lipinski definition) is 1. The highest BCUT2D eigenvalue weighted by Crippen LogP contribution is 2.20. The number of ether oxygens (including phenoxy) is 1. The highest BCUT2D eigenvalue weighted by atomic mass is 16.5. The summed E-state index contributed by atoms with van der Waals surface area (Å²) in [5.74, 6) is 0.352. The summed E-state index contributed by atoms with van der Waals surface area (Å²) in [6.45, 7) is 1.84. The van der Waals surface area contributed by atoms with Crippen molar-refractivity contribution in [3.05, 3.63) is 83.9 Å². The number of nitrogens with one attached hydrogen (secondary N) is 1. The topological polar surface area (TPSA) is 50.7 Å². The van der Waals surface area contributed by atoms with Crippen molar-refractivity contribution in [1.82, 2.24) is 5.43 Å². The van der Waals surface area contributed by atoms with Crippen LogP contribution in [-0.2, 0) is 4.79 Å². The molecule has 0 aliphatic heterocycles. The predicted molar refractivity (Wildman–Crippen MR) is 106 cm³/mol. The monoisotopic (exact) mass is 344 g/mol. The Labute approximate surface area is 152 Å². The van der Waals surface area contributed by atoms with E-state index in [1.165, 1.54) is 0 Å². The minimum atomic E-state index is -0.304. The number of benzene rings is 3. The molecular formula is C22H20N2O2. The second kappa shape index (κ2) is 8.62. The first-order valence-electron chi connectivity index (χ1n) is 8.37. The lowest BCUT2D eigenvalue weighted by Crippen LogP contribution is -2.24. The van der Waals surface area contributed by atoms with Crippen LogP contribution in [0, 0.1) is 0 Å². The van der Waals surface area contributed by atoms with E-state index in [4.69, 9.17) is 4.74 Å². The van der Waals surface area contributed by atoms with Crippen molar-refractivity contribution in [1.29, 1.82) is 0 Å². The van der Waals surface area contributed by atoms with Crippen molar-refractivity contribution >= 4 is 29.0 Å². The molecule has 0 saturated carbocycles. The average Bonchev–Trinajstić information content (AvgIpc) is 2.67. The molecule has 1 N–H and O–H groups in total. The quantitative estimate of drug-likeness (QED) is 0.531. The lowest BCUT2D eigenvalue weighted by atomic mass is 10.1. The number of amides is 1. The van der Waals surface area contributed by atoms with Crippen molar-refractivity contribution < 1.29 is 9.53 Å².